The molecule has 2 N–H and O–H groups in total. The summed E-state index contributed by atoms with van der Waals surface area (Å²) in [5.74, 6) is 5.56. The van der Waals surface area contributed by atoms with Crippen LogP contribution in [0, 0.1) is 11.8 Å². The van der Waals surface area contributed by atoms with E-state index in [9.17, 15) is 4.79 Å². The molecule has 1 unspecified atom stereocenters. The molecule has 1 fully saturated rings. The zero-order valence-corrected chi connectivity index (χ0v) is 12.3. The minimum Gasteiger partial charge on any atom is -0.395 e. The average Bonchev–Trinajstić information content (AvgIpc) is 2.91. The maximum Gasteiger partial charge on any atom is 0.269 e. The van der Waals surface area contributed by atoms with Gasteiger partial charge in [0, 0.05) is 30.8 Å². The lowest BCUT2D eigenvalue weighted by atomic mass is 10.2. The number of nitrogens with zero attached hydrogens (tertiary/aromatic N) is 2. The number of aliphatic hydroxyl groups excluding tert-OH is 1. The van der Waals surface area contributed by atoms with Crippen LogP contribution in [0.25, 0.3) is 0 Å². The second-order valence-electron chi connectivity index (χ2n) is 5.19. The lowest BCUT2D eigenvalue weighted by molar-refractivity contribution is 0.0938. The largest absolute Gasteiger partial charge is 0.395 e. The Balaban J connectivity index is 1.86. The zero-order chi connectivity index (χ0) is 15.1. The van der Waals surface area contributed by atoms with E-state index in [4.69, 9.17) is 5.11 Å². The summed E-state index contributed by atoms with van der Waals surface area (Å²) >= 11 is 0. The van der Waals surface area contributed by atoms with Crippen LogP contribution >= 0.6 is 0 Å². The number of likely N-dealkylation sites (N-methyl/N-ethyl adjacent to an activating group) is 1. The quantitative estimate of drug-likeness (QED) is 0.798. The van der Waals surface area contributed by atoms with E-state index in [0.717, 1.165) is 18.5 Å². The molecule has 1 atom stereocenters. The first-order chi connectivity index (χ1) is 10.2. The Morgan fingerprint density at radius 3 is 3.05 bits per heavy atom. The van der Waals surface area contributed by atoms with Gasteiger partial charge in [-0.2, -0.15) is 0 Å². The highest BCUT2D eigenvalue weighted by Gasteiger charge is 2.21. The molecule has 1 saturated heterocycles. The van der Waals surface area contributed by atoms with Crippen molar-refractivity contribution in [1.82, 2.24) is 15.2 Å². The number of hydrogen-bond acceptors (Lipinski definition) is 4. The van der Waals surface area contributed by atoms with E-state index in [1.54, 1.807) is 18.3 Å². The van der Waals surface area contributed by atoms with Gasteiger partial charge < -0.3 is 15.3 Å². The fourth-order valence-electron chi connectivity index (χ4n) is 2.36. The SMILES string of the molecule is CN1CCCC1CNC(=O)c1ccc(C#CCCO)cn1. The zero-order valence-electron chi connectivity index (χ0n) is 12.3. The third kappa shape index (κ3) is 4.55. The molecule has 1 aromatic rings. The summed E-state index contributed by atoms with van der Waals surface area (Å²) in [7, 11) is 2.09. The molecule has 1 amide bonds. The van der Waals surface area contributed by atoms with E-state index in [2.05, 4.69) is 34.1 Å². The fraction of sp³-hybridized carbons (Fsp3) is 0.500. The van der Waals surface area contributed by atoms with Crippen molar-refractivity contribution in [1.29, 1.82) is 0 Å². The van der Waals surface area contributed by atoms with E-state index in [0.29, 0.717) is 24.7 Å². The summed E-state index contributed by atoms with van der Waals surface area (Å²) < 4.78 is 0. The second-order valence-corrected chi connectivity index (χ2v) is 5.19. The highest BCUT2D eigenvalue weighted by atomic mass is 16.2. The minimum atomic E-state index is -0.148. The van der Waals surface area contributed by atoms with E-state index in [-0.39, 0.29) is 12.5 Å². The second kappa shape index (κ2) is 7.77. The van der Waals surface area contributed by atoms with Crippen LogP contribution in [0.5, 0.6) is 0 Å². The predicted molar refractivity (Wildman–Crippen MR) is 80.8 cm³/mol. The highest BCUT2D eigenvalue weighted by Crippen LogP contribution is 2.13. The molecular formula is C16H21N3O2. The lowest BCUT2D eigenvalue weighted by Crippen LogP contribution is -2.38. The van der Waals surface area contributed by atoms with E-state index < -0.39 is 0 Å². The Morgan fingerprint density at radius 1 is 1.57 bits per heavy atom. The Kier molecular flexibility index (Phi) is 5.73. The van der Waals surface area contributed by atoms with Crippen LogP contribution in [0.1, 0.15) is 35.3 Å². The first-order valence-electron chi connectivity index (χ1n) is 7.25. The molecule has 0 saturated carbocycles. The van der Waals surface area contributed by atoms with Crippen molar-refractivity contribution >= 4 is 5.91 Å². The number of carbonyl (C=O) groups excluding carboxylic acids is 1. The molecule has 0 radical (unpaired) electrons. The average molecular weight is 287 g/mol. The minimum absolute atomic E-state index is 0.0521. The highest BCUT2D eigenvalue weighted by molar-refractivity contribution is 5.92. The summed E-state index contributed by atoms with van der Waals surface area (Å²) in [6.07, 6.45) is 4.35. The van der Waals surface area contributed by atoms with Crippen molar-refractivity contribution in [2.24, 2.45) is 0 Å². The summed E-state index contributed by atoms with van der Waals surface area (Å²) in [6, 6.07) is 3.88. The Bertz CT molecular complexity index is 531. The molecule has 2 heterocycles. The van der Waals surface area contributed by atoms with Gasteiger partial charge in [0.2, 0.25) is 0 Å². The van der Waals surface area contributed by atoms with Crippen molar-refractivity contribution in [3.05, 3.63) is 29.6 Å². The van der Waals surface area contributed by atoms with Gasteiger partial charge >= 0.3 is 0 Å². The van der Waals surface area contributed by atoms with Crippen LogP contribution in [0.4, 0.5) is 0 Å². The van der Waals surface area contributed by atoms with Crippen molar-refractivity contribution in [2.75, 3.05) is 26.7 Å². The molecule has 0 spiro atoms. The number of pyridine rings is 1. The molecule has 0 aliphatic carbocycles. The van der Waals surface area contributed by atoms with E-state index >= 15 is 0 Å². The Hall–Kier alpha value is -1.90. The van der Waals surface area contributed by atoms with Crippen LogP contribution in [0.2, 0.25) is 0 Å². The van der Waals surface area contributed by atoms with Gasteiger partial charge in [0.1, 0.15) is 5.69 Å². The van der Waals surface area contributed by atoms with Gasteiger partial charge in [-0.15, -0.1) is 0 Å². The Morgan fingerprint density at radius 2 is 2.43 bits per heavy atom. The third-order valence-electron chi connectivity index (χ3n) is 3.64. The van der Waals surface area contributed by atoms with Crippen molar-refractivity contribution in [2.45, 2.75) is 25.3 Å². The van der Waals surface area contributed by atoms with Gasteiger partial charge in [0.05, 0.1) is 6.61 Å². The molecule has 1 aliphatic heterocycles. The number of aliphatic hydroxyl groups is 1. The van der Waals surface area contributed by atoms with Crippen LogP contribution in [0.3, 0.4) is 0 Å². The van der Waals surface area contributed by atoms with Gasteiger partial charge in [-0.3, -0.25) is 4.79 Å². The number of likely N-dealkylation sites (tertiary alicyclic amines) is 1. The van der Waals surface area contributed by atoms with Crippen molar-refractivity contribution < 1.29 is 9.90 Å². The molecule has 21 heavy (non-hydrogen) atoms. The molecule has 1 aliphatic rings. The number of rotatable bonds is 4. The van der Waals surface area contributed by atoms with E-state index in [1.807, 2.05) is 0 Å². The monoisotopic (exact) mass is 287 g/mol. The first kappa shape index (κ1) is 15.5. The summed E-state index contributed by atoms with van der Waals surface area (Å²) in [5.41, 5.74) is 1.15. The maximum absolute atomic E-state index is 12.0. The first-order valence-corrected chi connectivity index (χ1v) is 7.25. The summed E-state index contributed by atoms with van der Waals surface area (Å²) in [6.45, 7) is 1.81. The molecule has 5 heteroatoms. The number of amides is 1. The summed E-state index contributed by atoms with van der Waals surface area (Å²) in [5, 5.41) is 11.6. The lowest BCUT2D eigenvalue weighted by Gasteiger charge is -2.19. The number of carbonyl (C=O) groups is 1. The van der Waals surface area contributed by atoms with Crippen LogP contribution < -0.4 is 5.32 Å². The predicted octanol–water partition coefficient (Wildman–Crippen LogP) is 0.639. The maximum atomic E-state index is 12.0. The fourth-order valence-corrected chi connectivity index (χ4v) is 2.36. The van der Waals surface area contributed by atoms with Gasteiger partial charge in [-0.05, 0) is 38.6 Å². The Labute approximate surface area is 125 Å². The molecule has 0 bridgehead atoms. The molecule has 5 nitrogen and oxygen atoms in total. The van der Waals surface area contributed by atoms with E-state index in [1.165, 1.54) is 6.42 Å². The van der Waals surface area contributed by atoms with Crippen molar-refractivity contribution in [3.8, 4) is 11.8 Å². The smallest absolute Gasteiger partial charge is 0.269 e. The van der Waals surface area contributed by atoms with Crippen LogP contribution in [-0.2, 0) is 0 Å². The molecule has 0 aromatic carbocycles. The number of hydrogen-bond donors (Lipinski definition) is 2. The molecule has 1 aromatic heterocycles. The molecular weight excluding hydrogens is 266 g/mol. The normalized spacial score (nSPS) is 18.1. The molecule has 2 rings (SSSR count). The van der Waals surface area contributed by atoms with Gasteiger partial charge in [-0.1, -0.05) is 11.8 Å². The number of aromatic nitrogens is 1. The third-order valence-corrected chi connectivity index (χ3v) is 3.64. The standard InChI is InChI=1S/C16H21N3O2/c1-19-9-4-6-14(19)12-18-16(21)15-8-7-13(11-17-15)5-2-3-10-20/h7-8,11,14,20H,3-4,6,9-10,12H2,1H3,(H,18,21). The number of nitrogens with one attached hydrogen (secondary N) is 1. The van der Waals surface area contributed by atoms with Crippen LogP contribution in [0.15, 0.2) is 18.3 Å². The van der Waals surface area contributed by atoms with Crippen LogP contribution in [-0.4, -0.2) is 53.7 Å². The van der Waals surface area contributed by atoms with Gasteiger partial charge in [-0.25, -0.2) is 4.98 Å². The summed E-state index contributed by atoms with van der Waals surface area (Å²) in [4.78, 5) is 18.4. The van der Waals surface area contributed by atoms with Gasteiger partial charge in [0.25, 0.3) is 5.91 Å². The van der Waals surface area contributed by atoms with Crippen molar-refractivity contribution in [3.63, 3.8) is 0 Å². The van der Waals surface area contributed by atoms with Gasteiger partial charge in [0.15, 0.2) is 0 Å². The molecule has 112 valence electrons. The topological polar surface area (TPSA) is 65.5 Å².